The Kier molecular flexibility index (Phi) is 3.12. The van der Waals surface area contributed by atoms with Crippen LogP contribution in [0.15, 0.2) is 0 Å². The lowest BCUT2D eigenvalue weighted by atomic mass is 10.0. The molecule has 0 aromatic carbocycles. The monoisotopic (exact) mass is 145 g/mol. The van der Waals surface area contributed by atoms with Crippen LogP contribution < -0.4 is 5.73 Å². The van der Waals surface area contributed by atoms with Gasteiger partial charge < -0.3 is 15.2 Å². The number of hydrogen-bond acceptors (Lipinski definition) is 3. The molecular formula is C7H15NO2. The first-order valence-electron chi connectivity index (χ1n) is 3.69. The molecule has 0 saturated carbocycles. The van der Waals surface area contributed by atoms with Crippen LogP contribution in [0.5, 0.6) is 0 Å². The Labute approximate surface area is 61.5 Å². The lowest BCUT2D eigenvalue weighted by molar-refractivity contribution is 0.0517. The highest BCUT2D eigenvalue weighted by Gasteiger charge is 2.23. The van der Waals surface area contributed by atoms with Gasteiger partial charge in [-0.25, -0.2) is 0 Å². The van der Waals surface area contributed by atoms with E-state index >= 15 is 0 Å². The molecule has 0 unspecified atom stereocenters. The van der Waals surface area contributed by atoms with E-state index in [2.05, 4.69) is 0 Å². The van der Waals surface area contributed by atoms with E-state index < -0.39 is 0 Å². The maximum atomic E-state index is 5.48. The van der Waals surface area contributed by atoms with Crippen molar-refractivity contribution >= 4 is 0 Å². The lowest BCUT2D eigenvalue weighted by Crippen LogP contribution is -2.31. The predicted molar refractivity (Wildman–Crippen MR) is 38.8 cm³/mol. The summed E-state index contributed by atoms with van der Waals surface area (Å²) in [6.07, 6.45) is 1.29. The van der Waals surface area contributed by atoms with Crippen molar-refractivity contribution in [2.24, 2.45) is 11.7 Å². The minimum absolute atomic E-state index is 0.197. The Hall–Kier alpha value is -0.120. The molecule has 2 atom stereocenters. The molecule has 0 radical (unpaired) electrons. The third-order valence-electron chi connectivity index (χ3n) is 2.03. The van der Waals surface area contributed by atoms with Crippen molar-refractivity contribution in [3.63, 3.8) is 0 Å². The lowest BCUT2D eigenvalue weighted by Gasteiger charge is -2.17. The number of ether oxygens (including phenoxy) is 2. The summed E-state index contributed by atoms with van der Waals surface area (Å²) in [5.41, 5.74) is 5.48. The average molecular weight is 145 g/mol. The van der Waals surface area contributed by atoms with Gasteiger partial charge in [-0.15, -0.1) is 0 Å². The molecule has 0 aromatic heterocycles. The molecule has 0 spiro atoms. The molecule has 1 aliphatic rings. The van der Waals surface area contributed by atoms with Crippen LogP contribution in [0.1, 0.15) is 6.42 Å². The van der Waals surface area contributed by atoms with Gasteiger partial charge in [0.1, 0.15) is 0 Å². The highest BCUT2D eigenvalue weighted by Crippen LogP contribution is 2.17. The van der Waals surface area contributed by atoms with Gasteiger partial charge in [-0.3, -0.25) is 0 Å². The van der Waals surface area contributed by atoms with Gasteiger partial charge in [0.25, 0.3) is 0 Å². The molecule has 1 fully saturated rings. The van der Waals surface area contributed by atoms with Crippen molar-refractivity contribution in [2.45, 2.75) is 12.5 Å². The van der Waals surface area contributed by atoms with Crippen molar-refractivity contribution in [3.05, 3.63) is 0 Å². The van der Waals surface area contributed by atoms with Gasteiger partial charge in [0.15, 0.2) is 0 Å². The predicted octanol–water partition coefficient (Wildman–Crippen LogP) is -0.00340. The van der Waals surface area contributed by atoms with Crippen LogP contribution >= 0.6 is 0 Å². The topological polar surface area (TPSA) is 44.5 Å². The molecule has 1 aliphatic heterocycles. The molecule has 0 bridgehead atoms. The van der Waals surface area contributed by atoms with Gasteiger partial charge in [-0.05, 0) is 6.42 Å². The summed E-state index contributed by atoms with van der Waals surface area (Å²) in [5, 5.41) is 0. The Bertz CT molecular complexity index is 87.6. The standard InChI is InChI=1S/C7H15NO2/c1-9-7(4-8)6-2-3-10-5-6/h6-7H,2-5,8H2,1H3/t6-,7-/m0/s1. The molecule has 0 aromatic rings. The van der Waals surface area contributed by atoms with E-state index in [-0.39, 0.29) is 6.10 Å². The van der Waals surface area contributed by atoms with E-state index in [1.54, 1.807) is 7.11 Å². The summed E-state index contributed by atoms with van der Waals surface area (Å²) in [5.74, 6) is 0.523. The molecule has 0 aliphatic carbocycles. The first kappa shape index (κ1) is 7.98. The van der Waals surface area contributed by atoms with Crippen molar-refractivity contribution in [1.29, 1.82) is 0 Å². The molecule has 0 amide bonds. The SMILES string of the molecule is CO[C@@H](CN)[C@H]1CCOC1. The summed E-state index contributed by atoms with van der Waals surface area (Å²) in [7, 11) is 1.70. The van der Waals surface area contributed by atoms with Crippen LogP contribution in [0.3, 0.4) is 0 Å². The van der Waals surface area contributed by atoms with E-state index in [0.29, 0.717) is 12.5 Å². The van der Waals surface area contributed by atoms with Crippen molar-refractivity contribution < 1.29 is 9.47 Å². The third-order valence-corrected chi connectivity index (χ3v) is 2.03. The second-order valence-corrected chi connectivity index (χ2v) is 2.63. The summed E-state index contributed by atoms with van der Waals surface area (Å²) in [4.78, 5) is 0. The van der Waals surface area contributed by atoms with Gasteiger partial charge in [0, 0.05) is 26.2 Å². The molecule has 2 N–H and O–H groups in total. The van der Waals surface area contributed by atoms with Crippen molar-refractivity contribution in [2.75, 3.05) is 26.9 Å². The van der Waals surface area contributed by atoms with Gasteiger partial charge >= 0.3 is 0 Å². The zero-order chi connectivity index (χ0) is 7.40. The van der Waals surface area contributed by atoms with Crippen molar-refractivity contribution in [1.82, 2.24) is 0 Å². The smallest absolute Gasteiger partial charge is 0.0744 e. The average Bonchev–Trinajstić information content (AvgIpc) is 2.43. The van der Waals surface area contributed by atoms with Crippen LogP contribution in [0.4, 0.5) is 0 Å². The molecule has 1 saturated heterocycles. The summed E-state index contributed by atoms with van der Waals surface area (Å²) >= 11 is 0. The van der Waals surface area contributed by atoms with Crippen LogP contribution in [-0.2, 0) is 9.47 Å². The van der Waals surface area contributed by atoms with E-state index in [1.165, 1.54) is 0 Å². The fourth-order valence-electron chi connectivity index (χ4n) is 1.33. The Balaban J connectivity index is 2.29. The first-order chi connectivity index (χ1) is 4.88. The van der Waals surface area contributed by atoms with E-state index in [4.69, 9.17) is 15.2 Å². The maximum Gasteiger partial charge on any atom is 0.0744 e. The zero-order valence-corrected chi connectivity index (χ0v) is 6.38. The first-order valence-corrected chi connectivity index (χ1v) is 3.69. The molecule has 60 valence electrons. The molecule has 3 heteroatoms. The largest absolute Gasteiger partial charge is 0.381 e. The summed E-state index contributed by atoms with van der Waals surface area (Å²) in [6, 6.07) is 0. The molecule has 10 heavy (non-hydrogen) atoms. The quantitative estimate of drug-likeness (QED) is 0.607. The minimum Gasteiger partial charge on any atom is -0.381 e. The van der Waals surface area contributed by atoms with Gasteiger partial charge in [0.2, 0.25) is 0 Å². The fraction of sp³-hybridized carbons (Fsp3) is 1.00. The summed E-state index contributed by atoms with van der Waals surface area (Å²) in [6.45, 7) is 2.28. The highest BCUT2D eigenvalue weighted by molar-refractivity contribution is 4.74. The molecule has 3 nitrogen and oxygen atoms in total. The van der Waals surface area contributed by atoms with Gasteiger partial charge in [-0.1, -0.05) is 0 Å². The minimum atomic E-state index is 0.197. The number of nitrogens with two attached hydrogens (primary N) is 1. The summed E-state index contributed by atoms with van der Waals surface area (Å²) < 4.78 is 10.4. The van der Waals surface area contributed by atoms with Gasteiger partial charge in [0.05, 0.1) is 12.7 Å². The van der Waals surface area contributed by atoms with Gasteiger partial charge in [-0.2, -0.15) is 0 Å². The number of methoxy groups -OCH3 is 1. The normalized spacial score (nSPS) is 28.8. The van der Waals surface area contributed by atoms with E-state index in [1.807, 2.05) is 0 Å². The van der Waals surface area contributed by atoms with Crippen LogP contribution in [0.2, 0.25) is 0 Å². The second-order valence-electron chi connectivity index (χ2n) is 2.63. The molecule has 1 heterocycles. The number of rotatable bonds is 3. The Morgan fingerprint density at radius 2 is 2.60 bits per heavy atom. The second kappa shape index (κ2) is 3.91. The fourth-order valence-corrected chi connectivity index (χ4v) is 1.33. The number of hydrogen-bond donors (Lipinski definition) is 1. The zero-order valence-electron chi connectivity index (χ0n) is 6.38. The Morgan fingerprint density at radius 1 is 1.80 bits per heavy atom. The van der Waals surface area contributed by atoms with Crippen LogP contribution in [-0.4, -0.2) is 33.0 Å². The van der Waals surface area contributed by atoms with E-state index in [0.717, 1.165) is 19.6 Å². The van der Waals surface area contributed by atoms with Crippen molar-refractivity contribution in [3.8, 4) is 0 Å². The highest BCUT2D eigenvalue weighted by atomic mass is 16.5. The molecular weight excluding hydrogens is 130 g/mol. The molecule has 1 rings (SSSR count). The third kappa shape index (κ3) is 1.68. The van der Waals surface area contributed by atoms with Crippen LogP contribution in [0, 0.1) is 5.92 Å². The Morgan fingerprint density at radius 3 is 3.00 bits per heavy atom. The van der Waals surface area contributed by atoms with Crippen LogP contribution in [0.25, 0.3) is 0 Å². The maximum absolute atomic E-state index is 5.48. The van der Waals surface area contributed by atoms with E-state index in [9.17, 15) is 0 Å².